The van der Waals surface area contributed by atoms with Gasteiger partial charge < -0.3 is 19.3 Å². The van der Waals surface area contributed by atoms with Gasteiger partial charge >= 0.3 is 0 Å². The van der Waals surface area contributed by atoms with Gasteiger partial charge in [0.25, 0.3) is 0 Å². The quantitative estimate of drug-likeness (QED) is 0.400. The fourth-order valence-corrected chi connectivity index (χ4v) is 4.89. The third-order valence-corrected chi connectivity index (χ3v) is 6.69. The van der Waals surface area contributed by atoms with E-state index in [2.05, 4.69) is 57.3 Å². The largest absolute Gasteiger partial charge is 0.497 e. The van der Waals surface area contributed by atoms with E-state index in [1.54, 1.807) is 7.11 Å². The third-order valence-electron chi connectivity index (χ3n) is 6.69. The number of benzene rings is 3. The normalized spacial score (nSPS) is 14.5. The first-order valence-corrected chi connectivity index (χ1v) is 12.2. The Balaban J connectivity index is 1.40. The lowest BCUT2D eigenvalue weighted by atomic mass is 9.99. The number of aliphatic imine (C=N–C) groups is 1. The Morgan fingerprint density at radius 1 is 0.972 bits per heavy atom. The molecule has 2 aliphatic heterocycles. The number of methoxy groups -OCH3 is 1. The molecule has 4 aromatic rings. The molecule has 0 saturated carbocycles. The summed E-state index contributed by atoms with van der Waals surface area (Å²) in [5.41, 5.74) is 6.70. The van der Waals surface area contributed by atoms with Crippen molar-refractivity contribution in [2.75, 3.05) is 39.3 Å². The van der Waals surface area contributed by atoms with Gasteiger partial charge in [-0.1, -0.05) is 18.2 Å². The van der Waals surface area contributed by atoms with Crippen LogP contribution in [0.25, 0.3) is 22.0 Å². The molecule has 0 saturated heterocycles. The standard InChI is InChI=1S/C29H29N5O2/c1-33(2)18-28-31-26-16-23(35-3)7-8-24(26)29(32-28)34-12-13-36-27-9-6-20(14-22(27)17-34)21-5-4-19-10-11-30-25(19)15-21/h4-9,11,14-16H,10,12-13,17-18H2,1-3H3. The van der Waals surface area contributed by atoms with Crippen molar-refractivity contribution in [2.24, 2.45) is 4.99 Å². The Kier molecular flexibility index (Phi) is 5.77. The lowest BCUT2D eigenvalue weighted by molar-refractivity contribution is 0.331. The molecule has 182 valence electrons. The van der Waals surface area contributed by atoms with Gasteiger partial charge in [0.1, 0.15) is 29.7 Å². The minimum atomic E-state index is 0.588. The van der Waals surface area contributed by atoms with Gasteiger partial charge in [0.15, 0.2) is 0 Å². The van der Waals surface area contributed by atoms with Gasteiger partial charge in [-0.25, -0.2) is 9.97 Å². The van der Waals surface area contributed by atoms with E-state index in [4.69, 9.17) is 19.4 Å². The van der Waals surface area contributed by atoms with Crippen molar-refractivity contribution in [2.45, 2.75) is 19.5 Å². The van der Waals surface area contributed by atoms with Crippen LogP contribution in [0, 0.1) is 0 Å². The van der Waals surface area contributed by atoms with Crippen LogP contribution in [-0.4, -0.2) is 55.4 Å². The molecular weight excluding hydrogens is 450 g/mol. The molecule has 0 atom stereocenters. The van der Waals surface area contributed by atoms with E-state index in [0.717, 1.165) is 63.8 Å². The summed E-state index contributed by atoms with van der Waals surface area (Å²) in [5, 5.41) is 1.01. The molecule has 7 nitrogen and oxygen atoms in total. The van der Waals surface area contributed by atoms with Crippen LogP contribution in [0.15, 0.2) is 59.6 Å². The van der Waals surface area contributed by atoms with Crippen molar-refractivity contribution >= 4 is 28.6 Å². The van der Waals surface area contributed by atoms with Crippen LogP contribution in [-0.2, 0) is 19.5 Å². The van der Waals surface area contributed by atoms with Crippen molar-refractivity contribution in [3.8, 4) is 22.6 Å². The summed E-state index contributed by atoms with van der Waals surface area (Å²) in [4.78, 5) is 18.8. The summed E-state index contributed by atoms with van der Waals surface area (Å²) in [6, 6.07) is 19.0. The highest BCUT2D eigenvalue weighted by atomic mass is 16.5. The maximum atomic E-state index is 6.17. The summed E-state index contributed by atoms with van der Waals surface area (Å²) in [6.45, 7) is 2.68. The predicted octanol–water partition coefficient (Wildman–Crippen LogP) is 5.02. The molecule has 3 aromatic carbocycles. The highest BCUT2D eigenvalue weighted by molar-refractivity contribution is 5.90. The number of anilines is 1. The average molecular weight is 480 g/mol. The molecule has 2 aliphatic rings. The third kappa shape index (κ3) is 4.27. The highest BCUT2D eigenvalue weighted by Gasteiger charge is 2.21. The summed E-state index contributed by atoms with van der Waals surface area (Å²) < 4.78 is 11.6. The first-order valence-electron chi connectivity index (χ1n) is 12.2. The minimum absolute atomic E-state index is 0.588. The first-order chi connectivity index (χ1) is 17.6. The zero-order valence-electron chi connectivity index (χ0n) is 20.9. The van der Waals surface area contributed by atoms with Crippen molar-refractivity contribution in [3.05, 3.63) is 71.5 Å². The number of aromatic nitrogens is 2. The molecular formula is C29H29N5O2. The number of ether oxygens (including phenoxy) is 2. The second kappa shape index (κ2) is 9.24. The zero-order chi connectivity index (χ0) is 24.6. The molecule has 36 heavy (non-hydrogen) atoms. The summed E-state index contributed by atoms with van der Waals surface area (Å²) in [6.07, 6.45) is 2.89. The Morgan fingerprint density at radius 3 is 2.69 bits per heavy atom. The second-order valence-corrected chi connectivity index (χ2v) is 9.54. The number of fused-ring (bicyclic) bond motifs is 3. The molecule has 0 N–H and O–H groups in total. The molecule has 3 heterocycles. The van der Waals surface area contributed by atoms with E-state index < -0.39 is 0 Å². The topological polar surface area (TPSA) is 63.1 Å². The summed E-state index contributed by atoms with van der Waals surface area (Å²) >= 11 is 0. The molecule has 7 heteroatoms. The minimum Gasteiger partial charge on any atom is -0.497 e. The molecule has 0 radical (unpaired) electrons. The maximum absolute atomic E-state index is 6.17. The Bertz CT molecular complexity index is 1480. The van der Waals surface area contributed by atoms with Gasteiger partial charge in [0.2, 0.25) is 0 Å². The van der Waals surface area contributed by atoms with Gasteiger partial charge in [0, 0.05) is 36.2 Å². The first kappa shape index (κ1) is 22.5. The lowest BCUT2D eigenvalue weighted by Crippen LogP contribution is -2.27. The lowest BCUT2D eigenvalue weighted by Gasteiger charge is -2.24. The predicted molar refractivity (Wildman–Crippen MR) is 144 cm³/mol. The Labute approximate surface area is 211 Å². The SMILES string of the molecule is COc1ccc2c(N3CCOc4ccc(-c5ccc6c(c5)N=CC6)cc4C3)nc(CN(C)C)nc2c1. The molecule has 0 bridgehead atoms. The molecule has 6 rings (SSSR count). The summed E-state index contributed by atoms with van der Waals surface area (Å²) in [7, 11) is 5.74. The monoisotopic (exact) mass is 479 g/mol. The Hall–Kier alpha value is -3.97. The molecule has 0 spiro atoms. The van der Waals surface area contributed by atoms with Crippen molar-refractivity contribution in [1.82, 2.24) is 14.9 Å². The number of nitrogens with zero attached hydrogens (tertiary/aromatic N) is 5. The second-order valence-electron chi connectivity index (χ2n) is 9.54. The maximum Gasteiger partial charge on any atom is 0.145 e. The van der Waals surface area contributed by atoms with Gasteiger partial charge in [0.05, 0.1) is 31.4 Å². The van der Waals surface area contributed by atoms with E-state index in [0.29, 0.717) is 19.7 Å². The van der Waals surface area contributed by atoms with E-state index in [1.165, 1.54) is 11.1 Å². The summed E-state index contributed by atoms with van der Waals surface area (Å²) in [5.74, 6) is 3.42. The fraction of sp³-hybridized carbons (Fsp3) is 0.276. The Morgan fingerprint density at radius 2 is 1.83 bits per heavy atom. The van der Waals surface area contributed by atoms with Crippen LogP contribution in [0.2, 0.25) is 0 Å². The van der Waals surface area contributed by atoms with Gasteiger partial charge in [-0.2, -0.15) is 0 Å². The van der Waals surface area contributed by atoms with Crippen LogP contribution in [0.1, 0.15) is 17.0 Å². The van der Waals surface area contributed by atoms with Gasteiger partial charge in [-0.05, 0) is 61.1 Å². The van der Waals surface area contributed by atoms with E-state index >= 15 is 0 Å². The number of rotatable bonds is 5. The molecule has 0 unspecified atom stereocenters. The van der Waals surface area contributed by atoms with E-state index in [-0.39, 0.29) is 0 Å². The highest BCUT2D eigenvalue weighted by Crippen LogP contribution is 2.35. The smallest absolute Gasteiger partial charge is 0.145 e. The molecule has 0 fully saturated rings. The number of hydrogen-bond acceptors (Lipinski definition) is 7. The fourth-order valence-electron chi connectivity index (χ4n) is 4.89. The van der Waals surface area contributed by atoms with Gasteiger partial charge in [-0.3, -0.25) is 4.99 Å². The van der Waals surface area contributed by atoms with E-state index in [9.17, 15) is 0 Å². The average Bonchev–Trinajstić information content (AvgIpc) is 3.25. The molecule has 1 aromatic heterocycles. The van der Waals surface area contributed by atoms with Crippen LogP contribution >= 0.6 is 0 Å². The van der Waals surface area contributed by atoms with Crippen molar-refractivity contribution in [3.63, 3.8) is 0 Å². The van der Waals surface area contributed by atoms with Crippen LogP contribution in [0.5, 0.6) is 11.5 Å². The van der Waals surface area contributed by atoms with Crippen molar-refractivity contribution < 1.29 is 9.47 Å². The van der Waals surface area contributed by atoms with E-state index in [1.807, 2.05) is 32.4 Å². The molecule has 0 amide bonds. The van der Waals surface area contributed by atoms with Gasteiger partial charge in [-0.15, -0.1) is 0 Å². The van der Waals surface area contributed by atoms with Crippen LogP contribution < -0.4 is 14.4 Å². The zero-order valence-corrected chi connectivity index (χ0v) is 20.9. The van der Waals surface area contributed by atoms with Crippen molar-refractivity contribution in [1.29, 1.82) is 0 Å². The number of hydrogen-bond donors (Lipinski definition) is 0. The van der Waals surface area contributed by atoms with Crippen LogP contribution in [0.3, 0.4) is 0 Å². The molecule has 0 aliphatic carbocycles. The van der Waals surface area contributed by atoms with Crippen LogP contribution in [0.4, 0.5) is 11.5 Å².